The standard InChI is InChI=1S/C15H18O5/c1-14(2)6-5-10(17)15-9(14)4-3-8(7-16)11(15)12(18)20-13(15)19/h3,7,9,11-12,18H,4-6H2,1-2H3/t9-,11-,12-,15?/m0/s1. The molecule has 1 spiro atoms. The van der Waals surface area contributed by atoms with Gasteiger partial charge in [0.2, 0.25) is 6.29 Å². The zero-order valence-corrected chi connectivity index (χ0v) is 11.6. The van der Waals surface area contributed by atoms with Crippen molar-refractivity contribution in [1.29, 1.82) is 0 Å². The van der Waals surface area contributed by atoms with Crippen LogP contribution in [0.15, 0.2) is 11.6 Å². The van der Waals surface area contributed by atoms with Crippen LogP contribution in [0.25, 0.3) is 0 Å². The van der Waals surface area contributed by atoms with E-state index in [1.807, 2.05) is 13.8 Å². The van der Waals surface area contributed by atoms with Crippen molar-refractivity contribution in [1.82, 2.24) is 0 Å². The van der Waals surface area contributed by atoms with Crippen LogP contribution in [0.2, 0.25) is 0 Å². The SMILES string of the molecule is CC1(C)CCC(=O)C23C(=O)O[C@H](O)[C@@H]2C(C=O)=CC[C@@H]13. The first-order valence-electron chi connectivity index (χ1n) is 6.93. The molecule has 3 aliphatic rings. The lowest BCUT2D eigenvalue weighted by Gasteiger charge is -2.51. The third-order valence-electron chi connectivity index (χ3n) is 5.38. The van der Waals surface area contributed by atoms with Crippen molar-refractivity contribution in [2.24, 2.45) is 22.7 Å². The van der Waals surface area contributed by atoms with E-state index in [0.29, 0.717) is 24.7 Å². The van der Waals surface area contributed by atoms with Crippen molar-refractivity contribution in [2.75, 3.05) is 0 Å². The summed E-state index contributed by atoms with van der Waals surface area (Å²) >= 11 is 0. The maximum absolute atomic E-state index is 12.6. The number of hydrogen-bond acceptors (Lipinski definition) is 5. The van der Waals surface area contributed by atoms with Gasteiger partial charge >= 0.3 is 5.97 Å². The lowest BCUT2D eigenvalue weighted by molar-refractivity contribution is -0.166. The normalized spacial score (nSPS) is 42.4. The molecule has 3 rings (SSSR count). The maximum atomic E-state index is 12.6. The molecule has 4 atom stereocenters. The average molecular weight is 278 g/mol. The lowest BCUT2D eigenvalue weighted by atomic mass is 9.48. The number of aldehydes is 1. The van der Waals surface area contributed by atoms with Crippen molar-refractivity contribution < 1.29 is 24.2 Å². The summed E-state index contributed by atoms with van der Waals surface area (Å²) in [5, 5.41) is 10.0. The first kappa shape index (κ1) is 13.5. The van der Waals surface area contributed by atoms with Gasteiger partial charge in [0.25, 0.3) is 0 Å². The summed E-state index contributed by atoms with van der Waals surface area (Å²) in [5.74, 6) is -1.93. The number of cyclic esters (lactones) is 1. The predicted octanol–water partition coefficient (Wildman–Crippen LogP) is 0.999. The third-order valence-corrected chi connectivity index (χ3v) is 5.38. The van der Waals surface area contributed by atoms with Gasteiger partial charge in [0.1, 0.15) is 11.7 Å². The number of allylic oxidation sites excluding steroid dienone is 1. The Kier molecular flexibility index (Phi) is 2.70. The molecular formula is C15H18O5. The van der Waals surface area contributed by atoms with Gasteiger partial charge in [-0.15, -0.1) is 0 Å². The smallest absolute Gasteiger partial charge is 0.323 e. The van der Waals surface area contributed by atoms with Crippen LogP contribution in [0.5, 0.6) is 0 Å². The van der Waals surface area contributed by atoms with Crippen molar-refractivity contribution >= 4 is 18.0 Å². The molecule has 0 radical (unpaired) electrons. The second-order valence-electron chi connectivity index (χ2n) is 6.66. The number of aliphatic hydroxyl groups is 1. The van der Waals surface area contributed by atoms with Gasteiger partial charge in [-0.05, 0) is 29.7 Å². The Morgan fingerprint density at radius 2 is 2.10 bits per heavy atom. The first-order valence-corrected chi connectivity index (χ1v) is 6.93. The number of aliphatic hydroxyl groups excluding tert-OH is 1. The van der Waals surface area contributed by atoms with Crippen LogP contribution in [-0.4, -0.2) is 29.4 Å². The lowest BCUT2D eigenvalue weighted by Crippen LogP contribution is -2.58. The van der Waals surface area contributed by atoms with Gasteiger partial charge in [0, 0.05) is 6.42 Å². The molecule has 0 amide bonds. The zero-order valence-electron chi connectivity index (χ0n) is 11.6. The van der Waals surface area contributed by atoms with Gasteiger partial charge in [-0.1, -0.05) is 19.9 Å². The number of carbonyl (C=O) groups excluding carboxylic acids is 3. The molecule has 1 unspecified atom stereocenters. The molecule has 0 aromatic heterocycles. The largest absolute Gasteiger partial charge is 0.434 e. The van der Waals surface area contributed by atoms with Crippen LogP contribution in [0.3, 0.4) is 0 Å². The Bertz CT molecular complexity index is 522. The van der Waals surface area contributed by atoms with Crippen LogP contribution < -0.4 is 0 Å². The number of Topliss-reactive ketones (excluding diaryl/α,β-unsaturated/α-hetero) is 1. The van der Waals surface area contributed by atoms with E-state index in [1.165, 1.54) is 0 Å². The Morgan fingerprint density at radius 3 is 2.75 bits per heavy atom. The van der Waals surface area contributed by atoms with E-state index in [2.05, 4.69) is 0 Å². The molecule has 108 valence electrons. The van der Waals surface area contributed by atoms with Crippen LogP contribution in [-0.2, 0) is 19.1 Å². The summed E-state index contributed by atoms with van der Waals surface area (Å²) in [6.45, 7) is 4.06. The van der Waals surface area contributed by atoms with Crippen molar-refractivity contribution in [3.63, 3.8) is 0 Å². The van der Waals surface area contributed by atoms with E-state index in [0.717, 1.165) is 0 Å². The van der Waals surface area contributed by atoms with E-state index in [1.54, 1.807) is 6.08 Å². The topological polar surface area (TPSA) is 80.7 Å². The van der Waals surface area contributed by atoms with Gasteiger partial charge < -0.3 is 9.84 Å². The number of esters is 1. The van der Waals surface area contributed by atoms with Gasteiger partial charge in [0.05, 0.1) is 5.92 Å². The van der Waals surface area contributed by atoms with E-state index in [4.69, 9.17) is 4.74 Å². The Morgan fingerprint density at radius 1 is 1.40 bits per heavy atom. The molecule has 0 aromatic carbocycles. The predicted molar refractivity (Wildman–Crippen MR) is 68.3 cm³/mol. The number of hydrogen-bond donors (Lipinski definition) is 1. The molecule has 0 aromatic rings. The molecule has 0 bridgehead atoms. The molecule has 20 heavy (non-hydrogen) atoms. The highest BCUT2D eigenvalue weighted by Gasteiger charge is 2.70. The van der Waals surface area contributed by atoms with E-state index >= 15 is 0 Å². The maximum Gasteiger partial charge on any atom is 0.323 e. The van der Waals surface area contributed by atoms with Crippen LogP contribution in [0, 0.1) is 22.7 Å². The van der Waals surface area contributed by atoms with Crippen molar-refractivity contribution in [2.45, 2.75) is 39.4 Å². The molecule has 2 aliphatic carbocycles. The van der Waals surface area contributed by atoms with Crippen LogP contribution in [0.4, 0.5) is 0 Å². The number of carbonyl (C=O) groups is 3. The fourth-order valence-corrected chi connectivity index (χ4v) is 4.34. The Balaban J connectivity index is 2.24. The minimum atomic E-state index is -1.40. The van der Waals surface area contributed by atoms with Crippen molar-refractivity contribution in [3.05, 3.63) is 11.6 Å². The van der Waals surface area contributed by atoms with Gasteiger partial charge in [-0.25, -0.2) is 0 Å². The summed E-state index contributed by atoms with van der Waals surface area (Å²) in [4.78, 5) is 36.2. The fourth-order valence-electron chi connectivity index (χ4n) is 4.34. The molecule has 5 heteroatoms. The molecule has 1 aliphatic heterocycles. The number of ether oxygens (including phenoxy) is 1. The Hall–Kier alpha value is -1.49. The zero-order chi connectivity index (χ0) is 14.7. The van der Waals surface area contributed by atoms with E-state index in [9.17, 15) is 19.5 Å². The molecule has 1 saturated carbocycles. The average Bonchev–Trinajstić information content (AvgIpc) is 2.67. The second-order valence-corrected chi connectivity index (χ2v) is 6.66. The van der Waals surface area contributed by atoms with Crippen molar-refractivity contribution in [3.8, 4) is 0 Å². The highest BCUT2D eigenvalue weighted by molar-refractivity contribution is 6.08. The number of rotatable bonds is 1. The quantitative estimate of drug-likeness (QED) is 0.439. The second kappa shape index (κ2) is 4.01. The summed E-state index contributed by atoms with van der Waals surface area (Å²) in [6, 6.07) is 0. The fraction of sp³-hybridized carbons (Fsp3) is 0.667. The van der Waals surface area contributed by atoms with Gasteiger partial charge in [0.15, 0.2) is 5.78 Å². The summed E-state index contributed by atoms with van der Waals surface area (Å²) in [5.41, 5.74) is -1.27. The minimum absolute atomic E-state index is 0.194. The first-order chi connectivity index (χ1) is 9.35. The van der Waals surface area contributed by atoms with Crippen LogP contribution >= 0.6 is 0 Å². The molecule has 1 N–H and O–H groups in total. The minimum Gasteiger partial charge on any atom is -0.434 e. The van der Waals surface area contributed by atoms with Gasteiger partial charge in [-0.3, -0.25) is 14.4 Å². The highest BCUT2D eigenvalue weighted by atomic mass is 16.6. The molecule has 1 saturated heterocycles. The molecule has 2 fully saturated rings. The van der Waals surface area contributed by atoms with Crippen LogP contribution in [0.1, 0.15) is 33.1 Å². The third kappa shape index (κ3) is 1.39. The highest BCUT2D eigenvalue weighted by Crippen LogP contribution is 2.61. The number of ketones is 1. The Labute approximate surface area is 117 Å². The van der Waals surface area contributed by atoms with E-state index in [-0.39, 0.29) is 23.5 Å². The summed E-state index contributed by atoms with van der Waals surface area (Å²) in [6.07, 6.45) is 2.45. The summed E-state index contributed by atoms with van der Waals surface area (Å²) < 4.78 is 4.96. The summed E-state index contributed by atoms with van der Waals surface area (Å²) in [7, 11) is 0. The molecular weight excluding hydrogens is 260 g/mol. The monoisotopic (exact) mass is 278 g/mol. The van der Waals surface area contributed by atoms with E-state index < -0.39 is 23.6 Å². The molecule has 1 heterocycles. The van der Waals surface area contributed by atoms with Gasteiger partial charge in [-0.2, -0.15) is 0 Å². The molecule has 5 nitrogen and oxygen atoms in total.